The Kier molecular flexibility index (Phi) is 2.90. The number of carboxylic acid groups (broad SMARTS) is 1. The molecule has 0 bridgehead atoms. The number of carboxylic acids is 1. The highest BCUT2D eigenvalue weighted by Crippen LogP contribution is 2.52. The Hall–Kier alpha value is -2.49. The molecule has 0 saturated carbocycles. The summed E-state index contributed by atoms with van der Waals surface area (Å²) in [5, 5.41) is 19.2. The van der Waals surface area contributed by atoms with Gasteiger partial charge in [0.2, 0.25) is 0 Å². The van der Waals surface area contributed by atoms with Crippen molar-refractivity contribution < 1.29 is 19.7 Å². The van der Waals surface area contributed by atoms with Gasteiger partial charge < -0.3 is 14.9 Å². The highest BCUT2D eigenvalue weighted by Gasteiger charge is 2.43. The van der Waals surface area contributed by atoms with E-state index in [-0.39, 0.29) is 11.7 Å². The van der Waals surface area contributed by atoms with E-state index in [0.717, 1.165) is 11.1 Å². The maximum atomic E-state index is 11.7. The molecule has 1 aliphatic heterocycles. The molecule has 0 saturated heterocycles. The first-order valence-corrected chi connectivity index (χ1v) is 6.74. The lowest BCUT2D eigenvalue weighted by Gasteiger charge is -2.36. The summed E-state index contributed by atoms with van der Waals surface area (Å²) in [5.41, 5.74) is 0.632. The molecule has 2 aromatic rings. The van der Waals surface area contributed by atoms with Gasteiger partial charge in [0, 0.05) is 23.1 Å². The molecular formula is C17H16O4. The number of para-hydroxylation sites is 1. The van der Waals surface area contributed by atoms with Gasteiger partial charge in [0.25, 0.3) is 0 Å². The van der Waals surface area contributed by atoms with Crippen molar-refractivity contribution in [1.29, 1.82) is 0 Å². The van der Waals surface area contributed by atoms with Crippen molar-refractivity contribution >= 4 is 5.97 Å². The fourth-order valence-corrected chi connectivity index (χ4v) is 2.85. The predicted molar refractivity (Wildman–Crippen MR) is 77.9 cm³/mol. The largest absolute Gasteiger partial charge is 0.508 e. The van der Waals surface area contributed by atoms with Crippen molar-refractivity contribution in [1.82, 2.24) is 0 Å². The number of fused-ring (bicyclic) bond motifs is 2. The minimum atomic E-state index is -0.994. The normalized spacial score (nSPS) is 16.6. The summed E-state index contributed by atoms with van der Waals surface area (Å²) in [4.78, 5) is 11.7. The third-order valence-electron chi connectivity index (χ3n) is 4.03. The Morgan fingerprint density at radius 3 is 2.48 bits per heavy atom. The zero-order chi connectivity index (χ0) is 15.2. The molecule has 0 aliphatic carbocycles. The van der Waals surface area contributed by atoms with E-state index in [2.05, 4.69) is 0 Å². The van der Waals surface area contributed by atoms with Crippen LogP contribution in [-0.4, -0.2) is 16.2 Å². The smallest absolute Gasteiger partial charge is 0.310 e. The molecule has 0 spiro atoms. The lowest BCUT2D eigenvalue weighted by atomic mass is 9.70. The van der Waals surface area contributed by atoms with Crippen LogP contribution in [0.2, 0.25) is 0 Å². The number of ether oxygens (including phenoxy) is 1. The molecule has 1 heterocycles. The number of phenolic OH excluding ortho intramolecular Hbond substituents is 1. The fraction of sp³-hybridized carbons (Fsp3) is 0.235. The summed E-state index contributed by atoms with van der Waals surface area (Å²) in [6.45, 7) is 3.41. The van der Waals surface area contributed by atoms with E-state index in [1.165, 1.54) is 6.07 Å². The zero-order valence-corrected chi connectivity index (χ0v) is 11.8. The van der Waals surface area contributed by atoms with Crippen LogP contribution in [0.25, 0.3) is 0 Å². The molecule has 0 radical (unpaired) electrons. The number of phenols is 1. The van der Waals surface area contributed by atoms with Crippen LogP contribution in [0.3, 0.4) is 0 Å². The number of aromatic hydroxyl groups is 1. The van der Waals surface area contributed by atoms with Gasteiger partial charge in [-0.25, -0.2) is 0 Å². The van der Waals surface area contributed by atoms with Crippen LogP contribution in [-0.2, 0) is 4.79 Å². The van der Waals surface area contributed by atoms with Crippen LogP contribution < -0.4 is 4.74 Å². The summed E-state index contributed by atoms with van der Waals surface area (Å²) in [7, 11) is 0. The maximum Gasteiger partial charge on any atom is 0.310 e. The first kappa shape index (κ1) is 13.5. The fourth-order valence-electron chi connectivity index (χ4n) is 2.85. The Bertz CT molecular complexity index is 718. The van der Waals surface area contributed by atoms with Crippen molar-refractivity contribution in [2.45, 2.75) is 19.8 Å². The van der Waals surface area contributed by atoms with E-state index in [9.17, 15) is 15.0 Å². The van der Waals surface area contributed by atoms with Crippen LogP contribution in [0.15, 0.2) is 42.5 Å². The summed E-state index contributed by atoms with van der Waals surface area (Å²) in [5.74, 6) is 0.0294. The quantitative estimate of drug-likeness (QED) is 0.881. The second-order valence-electron chi connectivity index (χ2n) is 5.82. The lowest BCUT2D eigenvalue weighted by Crippen LogP contribution is -2.33. The third kappa shape index (κ3) is 2.03. The lowest BCUT2D eigenvalue weighted by molar-refractivity contribution is -0.147. The van der Waals surface area contributed by atoms with Crippen LogP contribution in [0.5, 0.6) is 17.2 Å². The number of carbonyl (C=O) groups is 1. The molecule has 0 fully saturated rings. The Balaban J connectivity index is 2.26. The number of benzene rings is 2. The number of hydrogen-bond acceptors (Lipinski definition) is 3. The van der Waals surface area contributed by atoms with Crippen molar-refractivity contribution in [2.75, 3.05) is 0 Å². The first-order valence-electron chi connectivity index (χ1n) is 6.74. The molecule has 4 heteroatoms. The Labute approximate surface area is 122 Å². The van der Waals surface area contributed by atoms with E-state index in [1.54, 1.807) is 26.0 Å². The van der Waals surface area contributed by atoms with Crippen LogP contribution >= 0.6 is 0 Å². The number of hydrogen-bond donors (Lipinski definition) is 2. The van der Waals surface area contributed by atoms with E-state index in [4.69, 9.17) is 4.74 Å². The Morgan fingerprint density at radius 2 is 1.76 bits per heavy atom. The molecule has 0 amide bonds. The molecule has 108 valence electrons. The minimum absolute atomic E-state index is 0.0972. The van der Waals surface area contributed by atoms with Crippen LogP contribution in [0.4, 0.5) is 0 Å². The first-order chi connectivity index (χ1) is 9.91. The average molecular weight is 284 g/mol. The van der Waals surface area contributed by atoms with Gasteiger partial charge in [-0.15, -0.1) is 0 Å². The highest BCUT2D eigenvalue weighted by atomic mass is 16.5. The molecule has 1 aliphatic rings. The van der Waals surface area contributed by atoms with Crippen LogP contribution in [0.1, 0.15) is 30.9 Å². The topological polar surface area (TPSA) is 66.8 Å². The van der Waals surface area contributed by atoms with Crippen molar-refractivity contribution in [3.8, 4) is 17.2 Å². The number of aliphatic carboxylic acids is 1. The molecule has 4 nitrogen and oxygen atoms in total. The molecule has 0 aromatic heterocycles. The zero-order valence-electron chi connectivity index (χ0n) is 11.8. The minimum Gasteiger partial charge on any atom is -0.508 e. The van der Waals surface area contributed by atoms with E-state index >= 15 is 0 Å². The SMILES string of the molecule is CC(C)(C(=O)O)[C@H]1c2ccccc2Oc2cc(O)ccc21. The van der Waals surface area contributed by atoms with Gasteiger partial charge in [0.15, 0.2) is 0 Å². The molecule has 1 atom stereocenters. The van der Waals surface area contributed by atoms with Gasteiger partial charge >= 0.3 is 5.97 Å². The summed E-state index contributed by atoms with van der Waals surface area (Å²) >= 11 is 0. The van der Waals surface area contributed by atoms with Gasteiger partial charge in [-0.2, -0.15) is 0 Å². The second-order valence-corrected chi connectivity index (χ2v) is 5.82. The molecule has 3 rings (SSSR count). The third-order valence-corrected chi connectivity index (χ3v) is 4.03. The molecule has 21 heavy (non-hydrogen) atoms. The van der Waals surface area contributed by atoms with E-state index in [0.29, 0.717) is 11.5 Å². The summed E-state index contributed by atoms with van der Waals surface area (Å²) in [6, 6.07) is 12.2. The van der Waals surface area contributed by atoms with Crippen molar-refractivity contribution in [3.63, 3.8) is 0 Å². The average Bonchev–Trinajstić information content (AvgIpc) is 2.44. The van der Waals surface area contributed by atoms with E-state index in [1.807, 2.05) is 24.3 Å². The highest BCUT2D eigenvalue weighted by molar-refractivity contribution is 5.77. The number of rotatable bonds is 2. The van der Waals surface area contributed by atoms with Gasteiger partial charge in [-0.05, 0) is 26.0 Å². The van der Waals surface area contributed by atoms with Gasteiger partial charge in [-0.3, -0.25) is 4.79 Å². The molecular weight excluding hydrogens is 268 g/mol. The van der Waals surface area contributed by atoms with E-state index < -0.39 is 11.4 Å². The second kappa shape index (κ2) is 4.52. The maximum absolute atomic E-state index is 11.7. The molecule has 0 unspecified atom stereocenters. The van der Waals surface area contributed by atoms with Crippen LogP contribution in [0, 0.1) is 5.41 Å². The van der Waals surface area contributed by atoms with Crippen molar-refractivity contribution in [3.05, 3.63) is 53.6 Å². The van der Waals surface area contributed by atoms with Gasteiger partial charge in [0.1, 0.15) is 17.2 Å². The monoisotopic (exact) mass is 284 g/mol. The standard InChI is InChI=1S/C17H16O4/c1-17(2,16(19)20)15-11-5-3-4-6-13(11)21-14-9-10(18)7-8-12(14)15/h3-9,15,18H,1-2H3,(H,19,20)/t15-/m0/s1. The summed E-state index contributed by atoms with van der Waals surface area (Å²) < 4.78 is 5.81. The van der Waals surface area contributed by atoms with Gasteiger partial charge in [0.05, 0.1) is 5.41 Å². The van der Waals surface area contributed by atoms with Gasteiger partial charge in [-0.1, -0.05) is 24.3 Å². The predicted octanol–water partition coefficient (Wildman–Crippen LogP) is 3.74. The van der Waals surface area contributed by atoms with Crippen molar-refractivity contribution in [2.24, 2.45) is 5.41 Å². The Morgan fingerprint density at radius 1 is 1.10 bits per heavy atom. The summed E-state index contributed by atoms with van der Waals surface area (Å²) in [6.07, 6.45) is 0. The molecule has 2 aromatic carbocycles. The molecule has 2 N–H and O–H groups in total.